The zero-order valence-electron chi connectivity index (χ0n) is 8.25. The summed E-state index contributed by atoms with van der Waals surface area (Å²) in [6.45, 7) is 1.76. The van der Waals surface area contributed by atoms with Crippen LogP contribution in [0.5, 0.6) is 5.75 Å². The van der Waals surface area contributed by atoms with Gasteiger partial charge in [0.15, 0.2) is 0 Å². The van der Waals surface area contributed by atoms with Gasteiger partial charge in [-0.3, -0.25) is 4.98 Å². The lowest BCUT2D eigenvalue weighted by Crippen LogP contribution is -2.17. The highest BCUT2D eigenvalue weighted by atomic mass is 19.4. The molecule has 0 unspecified atom stereocenters. The van der Waals surface area contributed by atoms with Crippen LogP contribution in [0.1, 0.15) is 5.69 Å². The van der Waals surface area contributed by atoms with Crippen molar-refractivity contribution in [2.45, 2.75) is 13.3 Å². The Labute approximate surface area is 88.9 Å². The van der Waals surface area contributed by atoms with E-state index in [-0.39, 0.29) is 5.75 Å². The van der Waals surface area contributed by atoms with Gasteiger partial charge in [-0.15, -0.1) is 13.2 Å². The van der Waals surface area contributed by atoms with Gasteiger partial charge in [0.1, 0.15) is 5.75 Å². The highest BCUT2D eigenvalue weighted by molar-refractivity contribution is 5.75. The summed E-state index contributed by atoms with van der Waals surface area (Å²) in [7, 11) is 0. The van der Waals surface area contributed by atoms with Gasteiger partial charge in [0.25, 0.3) is 0 Å². The molecule has 1 aromatic heterocycles. The molecule has 2 rings (SSSR count). The van der Waals surface area contributed by atoms with Crippen molar-refractivity contribution in [3.8, 4) is 5.75 Å². The van der Waals surface area contributed by atoms with E-state index in [1.165, 1.54) is 24.4 Å². The normalized spacial score (nSPS) is 11.8. The quantitative estimate of drug-likeness (QED) is 0.752. The summed E-state index contributed by atoms with van der Waals surface area (Å²) in [6, 6.07) is 3.86. The zero-order valence-corrected chi connectivity index (χ0v) is 8.25. The van der Waals surface area contributed by atoms with E-state index in [4.69, 9.17) is 0 Å². The fraction of sp³-hybridized carbons (Fsp3) is 0.200. The van der Waals surface area contributed by atoms with Crippen molar-refractivity contribution in [1.29, 1.82) is 0 Å². The second-order valence-electron chi connectivity index (χ2n) is 3.21. The molecule has 2 aromatic rings. The van der Waals surface area contributed by atoms with Crippen LogP contribution in [0, 0.1) is 6.92 Å². The first kappa shape index (κ1) is 10.7. The highest BCUT2D eigenvalue weighted by Gasteiger charge is 2.31. The number of halogens is 3. The van der Waals surface area contributed by atoms with Gasteiger partial charge in [-0.2, -0.15) is 0 Å². The first-order valence-electron chi connectivity index (χ1n) is 4.43. The van der Waals surface area contributed by atoms with Gasteiger partial charge in [-0.1, -0.05) is 0 Å². The Hall–Kier alpha value is -1.85. The number of nitrogens with zero attached hydrogens (tertiary/aromatic N) is 2. The highest BCUT2D eigenvalue weighted by Crippen LogP contribution is 2.24. The lowest BCUT2D eigenvalue weighted by molar-refractivity contribution is -0.274. The third kappa shape index (κ3) is 2.39. The average molecular weight is 228 g/mol. The van der Waals surface area contributed by atoms with Crippen molar-refractivity contribution in [3.05, 3.63) is 30.1 Å². The minimum Gasteiger partial charge on any atom is -0.406 e. The van der Waals surface area contributed by atoms with Crippen LogP contribution in [0.2, 0.25) is 0 Å². The van der Waals surface area contributed by atoms with E-state index in [0.29, 0.717) is 16.7 Å². The van der Waals surface area contributed by atoms with E-state index in [0.717, 1.165) is 0 Å². The molecule has 1 aromatic carbocycles. The summed E-state index contributed by atoms with van der Waals surface area (Å²) in [5.41, 5.74) is 1.61. The molecule has 0 amide bonds. The maximum Gasteiger partial charge on any atom is 0.573 e. The van der Waals surface area contributed by atoms with E-state index in [9.17, 15) is 13.2 Å². The molecule has 84 valence electrons. The van der Waals surface area contributed by atoms with Crippen molar-refractivity contribution in [3.63, 3.8) is 0 Å². The average Bonchev–Trinajstić information content (AvgIpc) is 2.16. The van der Waals surface area contributed by atoms with E-state index < -0.39 is 6.36 Å². The number of hydrogen-bond donors (Lipinski definition) is 0. The molecule has 0 atom stereocenters. The Morgan fingerprint density at radius 3 is 2.62 bits per heavy atom. The SMILES string of the molecule is Cc1cnc2cc(OC(F)(F)F)ccc2n1. The molecule has 3 nitrogen and oxygen atoms in total. The van der Waals surface area contributed by atoms with Crippen molar-refractivity contribution in [2.75, 3.05) is 0 Å². The summed E-state index contributed by atoms with van der Waals surface area (Å²) >= 11 is 0. The van der Waals surface area contributed by atoms with Gasteiger partial charge >= 0.3 is 6.36 Å². The first-order chi connectivity index (χ1) is 7.44. The number of alkyl halides is 3. The largest absolute Gasteiger partial charge is 0.573 e. The van der Waals surface area contributed by atoms with Crippen LogP contribution in [0.25, 0.3) is 11.0 Å². The Kier molecular flexibility index (Phi) is 2.41. The van der Waals surface area contributed by atoms with Gasteiger partial charge in [-0.05, 0) is 19.1 Å². The molecule has 0 N–H and O–H groups in total. The summed E-state index contributed by atoms with van der Waals surface area (Å²) < 4.78 is 39.6. The summed E-state index contributed by atoms with van der Waals surface area (Å²) in [5, 5.41) is 0. The minimum absolute atomic E-state index is 0.293. The van der Waals surface area contributed by atoms with E-state index >= 15 is 0 Å². The molecule has 0 aliphatic rings. The molecule has 0 aliphatic heterocycles. The lowest BCUT2D eigenvalue weighted by Gasteiger charge is -2.08. The van der Waals surface area contributed by atoms with E-state index in [1.807, 2.05) is 0 Å². The van der Waals surface area contributed by atoms with Crippen molar-refractivity contribution >= 4 is 11.0 Å². The molecule has 0 bridgehead atoms. The molecule has 0 saturated heterocycles. The molecule has 1 heterocycles. The van der Waals surface area contributed by atoms with Crippen LogP contribution >= 0.6 is 0 Å². The van der Waals surface area contributed by atoms with Crippen LogP contribution in [-0.2, 0) is 0 Å². The summed E-state index contributed by atoms with van der Waals surface area (Å²) in [5.74, 6) is -0.293. The summed E-state index contributed by atoms with van der Waals surface area (Å²) in [6.07, 6.45) is -3.20. The molecule has 0 fully saturated rings. The van der Waals surface area contributed by atoms with Crippen molar-refractivity contribution in [2.24, 2.45) is 0 Å². The topological polar surface area (TPSA) is 35.0 Å². The molecule has 6 heteroatoms. The van der Waals surface area contributed by atoms with Gasteiger partial charge in [0, 0.05) is 12.3 Å². The Bertz CT molecular complexity index is 525. The van der Waals surface area contributed by atoms with E-state index in [2.05, 4.69) is 14.7 Å². The number of fused-ring (bicyclic) bond motifs is 1. The lowest BCUT2D eigenvalue weighted by atomic mass is 10.3. The zero-order chi connectivity index (χ0) is 11.8. The van der Waals surface area contributed by atoms with Gasteiger partial charge in [-0.25, -0.2) is 4.98 Å². The predicted octanol–water partition coefficient (Wildman–Crippen LogP) is 2.84. The Balaban J connectivity index is 2.41. The molecular formula is C10H7F3N2O. The van der Waals surface area contributed by atoms with Gasteiger partial charge in [0.05, 0.1) is 16.7 Å². The second kappa shape index (κ2) is 3.62. The number of rotatable bonds is 1. The van der Waals surface area contributed by atoms with Gasteiger partial charge < -0.3 is 4.74 Å². The van der Waals surface area contributed by atoms with Crippen molar-refractivity contribution in [1.82, 2.24) is 9.97 Å². The number of ether oxygens (including phenoxy) is 1. The molecule has 0 aliphatic carbocycles. The third-order valence-corrected chi connectivity index (χ3v) is 1.87. The molecule has 0 saturated carbocycles. The predicted molar refractivity (Wildman–Crippen MR) is 51.0 cm³/mol. The fourth-order valence-electron chi connectivity index (χ4n) is 1.28. The van der Waals surface area contributed by atoms with Crippen LogP contribution in [0.3, 0.4) is 0 Å². The molecular weight excluding hydrogens is 221 g/mol. The standard InChI is InChI=1S/C10H7F3N2O/c1-6-5-14-9-4-7(16-10(11,12)13)2-3-8(9)15-6/h2-5H,1H3. The molecule has 16 heavy (non-hydrogen) atoms. The van der Waals surface area contributed by atoms with Crippen LogP contribution in [-0.4, -0.2) is 16.3 Å². The number of hydrogen-bond acceptors (Lipinski definition) is 3. The smallest absolute Gasteiger partial charge is 0.406 e. The van der Waals surface area contributed by atoms with Crippen LogP contribution in [0.15, 0.2) is 24.4 Å². The fourth-order valence-corrected chi connectivity index (χ4v) is 1.28. The maximum atomic E-state index is 11.9. The second-order valence-corrected chi connectivity index (χ2v) is 3.21. The van der Waals surface area contributed by atoms with E-state index in [1.54, 1.807) is 6.92 Å². The molecule has 0 radical (unpaired) electrons. The van der Waals surface area contributed by atoms with Crippen LogP contribution in [0.4, 0.5) is 13.2 Å². The maximum absolute atomic E-state index is 11.9. The number of aromatic nitrogens is 2. The number of aryl methyl sites for hydroxylation is 1. The van der Waals surface area contributed by atoms with Gasteiger partial charge in [0.2, 0.25) is 0 Å². The number of benzene rings is 1. The first-order valence-corrected chi connectivity index (χ1v) is 4.43. The third-order valence-electron chi connectivity index (χ3n) is 1.87. The Morgan fingerprint density at radius 2 is 1.94 bits per heavy atom. The summed E-state index contributed by atoms with van der Waals surface area (Å²) in [4.78, 5) is 8.08. The van der Waals surface area contributed by atoms with Crippen LogP contribution < -0.4 is 4.74 Å². The van der Waals surface area contributed by atoms with Crippen molar-refractivity contribution < 1.29 is 17.9 Å². The monoisotopic (exact) mass is 228 g/mol. The Morgan fingerprint density at radius 1 is 1.19 bits per heavy atom. The molecule has 0 spiro atoms. The minimum atomic E-state index is -4.69.